The molecule has 0 saturated carbocycles. The van der Waals surface area contributed by atoms with Gasteiger partial charge >= 0.3 is 0 Å². The van der Waals surface area contributed by atoms with Gasteiger partial charge in [-0.15, -0.1) is 0 Å². The zero-order chi connectivity index (χ0) is 15.4. The Morgan fingerprint density at radius 3 is 2.86 bits per heavy atom. The van der Waals surface area contributed by atoms with Crippen LogP contribution in [0.4, 0.5) is 0 Å². The Kier molecular flexibility index (Phi) is 5.37. The van der Waals surface area contributed by atoms with Gasteiger partial charge in [-0.1, -0.05) is 6.07 Å². The second-order valence-corrected chi connectivity index (χ2v) is 6.12. The van der Waals surface area contributed by atoms with E-state index in [-0.39, 0.29) is 5.78 Å². The molecule has 0 aromatic heterocycles. The smallest absolute Gasteiger partial charge is 0.180 e. The van der Waals surface area contributed by atoms with E-state index in [0.29, 0.717) is 23.9 Å². The van der Waals surface area contributed by atoms with E-state index in [9.17, 15) is 4.79 Å². The second kappa shape index (κ2) is 7.05. The number of hydrogen-bond acceptors (Lipinski definition) is 4. The Balaban J connectivity index is 2.04. The van der Waals surface area contributed by atoms with Crippen LogP contribution >= 0.6 is 0 Å². The third kappa shape index (κ3) is 4.05. The van der Waals surface area contributed by atoms with E-state index in [4.69, 9.17) is 4.74 Å². The van der Waals surface area contributed by atoms with Crippen LogP contribution in [0.15, 0.2) is 18.2 Å². The molecule has 0 radical (unpaired) electrons. The molecular formula is C17H26N2O2. The van der Waals surface area contributed by atoms with Crippen molar-refractivity contribution < 1.29 is 9.53 Å². The third-order valence-corrected chi connectivity index (χ3v) is 4.24. The molecule has 116 valence electrons. The zero-order valence-corrected chi connectivity index (χ0v) is 13.6. The number of nitrogens with zero attached hydrogens (tertiary/aromatic N) is 2. The zero-order valence-electron chi connectivity index (χ0n) is 13.6. The van der Waals surface area contributed by atoms with Crippen molar-refractivity contribution in [1.29, 1.82) is 0 Å². The lowest BCUT2D eigenvalue weighted by Crippen LogP contribution is -2.46. The van der Waals surface area contributed by atoms with E-state index >= 15 is 0 Å². The van der Waals surface area contributed by atoms with Gasteiger partial charge in [-0.3, -0.25) is 9.69 Å². The highest BCUT2D eigenvalue weighted by atomic mass is 16.5. The Morgan fingerprint density at radius 2 is 2.19 bits per heavy atom. The average molecular weight is 290 g/mol. The lowest BCUT2D eigenvalue weighted by molar-refractivity contribution is 0.0849. The molecular weight excluding hydrogens is 264 g/mol. The van der Waals surface area contributed by atoms with Crippen molar-refractivity contribution in [1.82, 2.24) is 9.80 Å². The summed E-state index contributed by atoms with van der Waals surface area (Å²) < 4.78 is 5.35. The maximum Gasteiger partial charge on any atom is 0.180 e. The number of rotatable bonds is 5. The molecule has 0 spiro atoms. The van der Waals surface area contributed by atoms with Gasteiger partial charge in [0.05, 0.1) is 19.2 Å². The van der Waals surface area contributed by atoms with E-state index in [1.807, 2.05) is 25.1 Å². The molecule has 1 aliphatic heterocycles. The van der Waals surface area contributed by atoms with Crippen LogP contribution in [-0.4, -0.2) is 62.5 Å². The molecule has 0 bridgehead atoms. The van der Waals surface area contributed by atoms with Crippen molar-refractivity contribution in [2.45, 2.75) is 25.8 Å². The maximum atomic E-state index is 12.5. The SMILES string of the molecule is COc1cc(C)ccc1C(=O)CN1CCCC(N(C)C)C1. The molecule has 1 aliphatic rings. The van der Waals surface area contributed by atoms with Gasteiger partial charge in [0.2, 0.25) is 0 Å². The highest BCUT2D eigenvalue weighted by molar-refractivity contribution is 6.00. The van der Waals surface area contributed by atoms with E-state index < -0.39 is 0 Å². The Morgan fingerprint density at radius 1 is 1.43 bits per heavy atom. The van der Waals surface area contributed by atoms with Gasteiger partial charge in [-0.25, -0.2) is 0 Å². The predicted molar refractivity (Wildman–Crippen MR) is 85.2 cm³/mol. The first-order valence-corrected chi connectivity index (χ1v) is 7.58. The number of Topliss-reactive ketones (excluding diaryl/α,β-unsaturated/α-hetero) is 1. The molecule has 1 heterocycles. The van der Waals surface area contributed by atoms with Crippen molar-refractivity contribution in [3.63, 3.8) is 0 Å². The van der Waals surface area contributed by atoms with Gasteiger partial charge in [0.1, 0.15) is 5.75 Å². The highest BCUT2D eigenvalue weighted by Crippen LogP contribution is 2.21. The number of likely N-dealkylation sites (N-methyl/N-ethyl adjacent to an activating group) is 1. The van der Waals surface area contributed by atoms with Crippen LogP contribution in [0, 0.1) is 6.92 Å². The van der Waals surface area contributed by atoms with Gasteiger partial charge in [0, 0.05) is 12.6 Å². The van der Waals surface area contributed by atoms with E-state index in [0.717, 1.165) is 25.1 Å². The summed E-state index contributed by atoms with van der Waals surface area (Å²) in [7, 11) is 5.84. The molecule has 1 unspecified atom stereocenters. The second-order valence-electron chi connectivity index (χ2n) is 6.12. The molecule has 4 heteroatoms. The summed E-state index contributed by atoms with van der Waals surface area (Å²) in [6, 6.07) is 6.32. The monoisotopic (exact) mass is 290 g/mol. The quantitative estimate of drug-likeness (QED) is 0.779. The summed E-state index contributed by atoms with van der Waals surface area (Å²) in [5, 5.41) is 0. The fraction of sp³-hybridized carbons (Fsp3) is 0.588. The van der Waals surface area contributed by atoms with Crippen molar-refractivity contribution in [3.05, 3.63) is 29.3 Å². The van der Waals surface area contributed by atoms with Crippen LogP contribution in [-0.2, 0) is 0 Å². The standard InChI is InChI=1S/C17H26N2O2/c1-13-7-8-15(17(10-13)21-4)16(20)12-19-9-5-6-14(11-19)18(2)3/h7-8,10,14H,5-6,9,11-12H2,1-4H3. The summed E-state index contributed by atoms with van der Waals surface area (Å²) in [4.78, 5) is 17.1. The van der Waals surface area contributed by atoms with Crippen LogP contribution in [0.25, 0.3) is 0 Å². The molecule has 0 aliphatic carbocycles. The molecule has 1 aromatic rings. The molecule has 2 rings (SSSR count). The molecule has 1 saturated heterocycles. The maximum absolute atomic E-state index is 12.5. The first-order valence-electron chi connectivity index (χ1n) is 7.58. The molecule has 1 fully saturated rings. The molecule has 1 aromatic carbocycles. The van der Waals surface area contributed by atoms with E-state index in [1.165, 1.54) is 6.42 Å². The lowest BCUT2D eigenvalue weighted by Gasteiger charge is -2.35. The Labute approximate surface area is 127 Å². The lowest BCUT2D eigenvalue weighted by atomic mass is 10.0. The van der Waals surface area contributed by atoms with Crippen LogP contribution < -0.4 is 4.74 Å². The normalized spacial score (nSPS) is 19.8. The van der Waals surface area contributed by atoms with Crippen molar-refractivity contribution in [2.24, 2.45) is 0 Å². The van der Waals surface area contributed by atoms with E-state index in [2.05, 4.69) is 23.9 Å². The summed E-state index contributed by atoms with van der Waals surface area (Å²) >= 11 is 0. The van der Waals surface area contributed by atoms with Crippen LogP contribution in [0.1, 0.15) is 28.8 Å². The number of aryl methyl sites for hydroxylation is 1. The highest BCUT2D eigenvalue weighted by Gasteiger charge is 2.24. The largest absolute Gasteiger partial charge is 0.496 e. The molecule has 21 heavy (non-hydrogen) atoms. The summed E-state index contributed by atoms with van der Waals surface area (Å²) in [6.07, 6.45) is 2.37. The average Bonchev–Trinajstić information content (AvgIpc) is 2.47. The van der Waals surface area contributed by atoms with Gasteiger partial charge in [0.25, 0.3) is 0 Å². The first-order chi connectivity index (χ1) is 10.0. The number of methoxy groups -OCH3 is 1. The topological polar surface area (TPSA) is 32.8 Å². The Bertz CT molecular complexity index is 500. The van der Waals surface area contributed by atoms with E-state index in [1.54, 1.807) is 7.11 Å². The van der Waals surface area contributed by atoms with Crippen molar-refractivity contribution in [3.8, 4) is 5.75 Å². The van der Waals surface area contributed by atoms with Crippen molar-refractivity contribution in [2.75, 3.05) is 40.8 Å². The minimum Gasteiger partial charge on any atom is -0.496 e. The number of hydrogen-bond donors (Lipinski definition) is 0. The summed E-state index contributed by atoms with van der Waals surface area (Å²) in [6.45, 7) is 4.45. The number of ketones is 1. The van der Waals surface area contributed by atoms with Crippen LogP contribution in [0.3, 0.4) is 0 Å². The van der Waals surface area contributed by atoms with Crippen LogP contribution in [0.5, 0.6) is 5.75 Å². The summed E-state index contributed by atoms with van der Waals surface area (Å²) in [5.74, 6) is 0.826. The number of benzene rings is 1. The van der Waals surface area contributed by atoms with Gasteiger partial charge in [-0.2, -0.15) is 0 Å². The molecule has 1 atom stereocenters. The third-order valence-electron chi connectivity index (χ3n) is 4.24. The Hall–Kier alpha value is -1.39. The fourth-order valence-corrected chi connectivity index (χ4v) is 2.91. The van der Waals surface area contributed by atoms with Gasteiger partial charge in [0.15, 0.2) is 5.78 Å². The number of likely N-dealkylation sites (tertiary alicyclic amines) is 1. The number of carbonyl (C=O) groups excluding carboxylic acids is 1. The van der Waals surface area contributed by atoms with Gasteiger partial charge < -0.3 is 9.64 Å². The predicted octanol–water partition coefficient (Wildman–Crippen LogP) is 2.21. The number of ether oxygens (including phenoxy) is 1. The van der Waals surface area contributed by atoms with Crippen molar-refractivity contribution >= 4 is 5.78 Å². The first kappa shape index (κ1) is 16.0. The summed E-state index contributed by atoms with van der Waals surface area (Å²) in [5.41, 5.74) is 1.80. The molecule has 0 N–H and O–H groups in total. The fourth-order valence-electron chi connectivity index (χ4n) is 2.91. The number of carbonyl (C=O) groups is 1. The molecule has 0 amide bonds. The van der Waals surface area contributed by atoms with Crippen LogP contribution in [0.2, 0.25) is 0 Å². The minimum absolute atomic E-state index is 0.145. The number of piperidine rings is 1. The van der Waals surface area contributed by atoms with Gasteiger partial charge in [-0.05, 0) is 58.1 Å². The molecule has 4 nitrogen and oxygen atoms in total. The minimum atomic E-state index is 0.145.